The van der Waals surface area contributed by atoms with Gasteiger partial charge in [0.2, 0.25) is 11.6 Å². The third-order valence-corrected chi connectivity index (χ3v) is 5.76. The van der Waals surface area contributed by atoms with Crippen LogP contribution >= 0.6 is 11.6 Å². The number of amides is 3. The van der Waals surface area contributed by atoms with Crippen LogP contribution in [0.3, 0.4) is 0 Å². The molecule has 0 aromatic heterocycles. The number of halogens is 1. The largest absolute Gasteiger partial charge is 0.495 e. The lowest BCUT2D eigenvalue weighted by molar-refractivity contribution is -0.128. The Bertz CT molecular complexity index is 1020. The number of rotatable bonds is 4. The SMILES string of the molecule is CCN1C(=O)c2ccccc2N2C(=O)CC[C@@]12C(=O)Nc1ccc(OC)c(Cl)c1. The van der Waals surface area contributed by atoms with E-state index in [4.69, 9.17) is 16.3 Å². The lowest BCUT2D eigenvalue weighted by Crippen LogP contribution is -2.69. The minimum Gasteiger partial charge on any atom is -0.495 e. The van der Waals surface area contributed by atoms with Gasteiger partial charge in [-0.1, -0.05) is 23.7 Å². The maximum absolute atomic E-state index is 13.5. The molecule has 0 radical (unpaired) electrons. The van der Waals surface area contributed by atoms with Crippen LogP contribution in [0, 0.1) is 0 Å². The Morgan fingerprint density at radius 2 is 2.00 bits per heavy atom. The number of hydrogen-bond acceptors (Lipinski definition) is 4. The Hall–Kier alpha value is -3.06. The first-order valence-corrected chi connectivity index (χ1v) is 9.71. The fourth-order valence-corrected chi connectivity index (χ4v) is 4.44. The topological polar surface area (TPSA) is 79.0 Å². The molecule has 4 rings (SSSR count). The predicted octanol–water partition coefficient (Wildman–Crippen LogP) is 3.29. The smallest absolute Gasteiger partial charge is 0.271 e. The van der Waals surface area contributed by atoms with Crippen LogP contribution in [-0.2, 0) is 9.59 Å². The van der Waals surface area contributed by atoms with Crippen LogP contribution in [0.5, 0.6) is 5.75 Å². The fourth-order valence-electron chi connectivity index (χ4n) is 4.18. The first-order chi connectivity index (χ1) is 13.9. The number of anilines is 2. The van der Waals surface area contributed by atoms with Crippen LogP contribution in [-0.4, -0.2) is 41.9 Å². The Morgan fingerprint density at radius 3 is 2.69 bits per heavy atom. The van der Waals surface area contributed by atoms with Gasteiger partial charge < -0.3 is 15.0 Å². The van der Waals surface area contributed by atoms with Gasteiger partial charge in [-0.25, -0.2) is 0 Å². The molecule has 0 bridgehead atoms. The van der Waals surface area contributed by atoms with Crippen LogP contribution in [0.2, 0.25) is 5.02 Å². The van der Waals surface area contributed by atoms with E-state index in [9.17, 15) is 14.4 Å². The second-order valence-corrected chi connectivity index (χ2v) is 7.32. The van der Waals surface area contributed by atoms with E-state index in [1.807, 2.05) is 0 Å². The third-order valence-electron chi connectivity index (χ3n) is 5.46. The number of carbonyl (C=O) groups excluding carboxylic acids is 3. The number of methoxy groups -OCH3 is 1. The number of likely N-dealkylation sites (N-methyl/N-ethyl adjacent to an activating group) is 1. The summed E-state index contributed by atoms with van der Waals surface area (Å²) in [7, 11) is 1.50. The number of carbonyl (C=O) groups is 3. The maximum Gasteiger partial charge on any atom is 0.271 e. The Labute approximate surface area is 173 Å². The van der Waals surface area contributed by atoms with E-state index >= 15 is 0 Å². The summed E-state index contributed by atoms with van der Waals surface area (Å²) in [6, 6.07) is 11.8. The van der Waals surface area contributed by atoms with Gasteiger partial charge in [-0.05, 0) is 37.3 Å². The molecule has 2 aliphatic heterocycles. The molecule has 3 amide bonds. The molecule has 150 valence electrons. The van der Waals surface area contributed by atoms with Gasteiger partial charge in [0.05, 0.1) is 23.4 Å². The number of nitrogens with one attached hydrogen (secondary N) is 1. The maximum atomic E-state index is 13.5. The molecule has 0 aliphatic carbocycles. The number of ether oxygens (including phenoxy) is 1. The summed E-state index contributed by atoms with van der Waals surface area (Å²) in [5.41, 5.74) is -0.0751. The molecule has 1 atom stereocenters. The van der Waals surface area contributed by atoms with Crippen LogP contribution in [0.15, 0.2) is 42.5 Å². The van der Waals surface area contributed by atoms with E-state index in [-0.39, 0.29) is 31.2 Å². The Kier molecular flexibility index (Phi) is 4.70. The molecule has 2 aliphatic rings. The zero-order valence-corrected chi connectivity index (χ0v) is 16.8. The summed E-state index contributed by atoms with van der Waals surface area (Å²) in [5.74, 6) is -0.421. The van der Waals surface area contributed by atoms with Crippen molar-refractivity contribution >= 4 is 40.7 Å². The lowest BCUT2D eigenvalue weighted by atomic mass is 9.95. The summed E-state index contributed by atoms with van der Waals surface area (Å²) in [5, 5.41) is 3.18. The van der Waals surface area contributed by atoms with Crippen molar-refractivity contribution in [2.45, 2.75) is 25.4 Å². The van der Waals surface area contributed by atoms with E-state index in [1.165, 1.54) is 16.9 Å². The van der Waals surface area contributed by atoms with E-state index in [0.29, 0.717) is 27.7 Å². The second kappa shape index (κ2) is 7.08. The van der Waals surface area contributed by atoms with Gasteiger partial charge in [0.15, 0.2) is 0 Å². The average molecular weight is 414 g/mol. The number of hydrogen-bond donors (Lipinski definition) is 1. The quantitative estimate of drug-likeness (QED) is 0.834. The zero-order valence-electron chi connectivity index (χ0n) is 16.1. The van der Waals surface area contributed by atoms with Gasteiger partial charge in [-0.3, -0.25) is 19.3 Å². The molecule has 2 aromatic rings. The summed E-state index contributed by atoms with van der Waals surface area (Å²) in [6.07, 6.45) is 0.393. The van der Waals surface area contributed by atoms with Crippen molar-refractivity contribution in [3.05, 3.63) is 53.1 Å². The fraction of sp³-hybridized carbons (Fsp3) is 0.286. The van der Waals surface area contributed by atoms with Crippen molar-refractivity contribution in [3.63, 3.8) is 0 Å². The molecule has 1 fully saturated rings. The number of fused-ring (bicyclic) bond motifs is 3. The zero-order chi connectivity index (χ0) is 20.8. The van der Waals surface area contributed by atoms with Crippen molar-refractivity contribution in [1.82, 2.24) is 4.90 Å². The van der Waals surface area contributed by atoms with Gasteiger partial charge in [-0.15, -0.1) is 0 Å². The summed E-state index contributed by atoms with van der Waals surface area (Å²) < 4.78 is 5.14. The second-order valence-electron chi connectivity index (χ2n) is 6.92. The lowest BCUT2D eigenvalue weighted by Gasteiger charge is -2.48. The first kappa shape index (κ1) is 19.3. The van der Waals surface area contributed by atoms with Crippen LogP contribution in [0.25, 0.3) is 0 Å². The highest BCUT2D eigenvalue weighted by atomic mass is 35.5. The molecule has 1 N–H and O–H groups in total. The Morgan fingerprint density at radius 1 is 1.24 bits per heavy atom. The van der Waals surface area contributed by atoms with E-state index in [1.54, 1.807) is 49.4 Å². The van der Waals surface area contributed by atoms with E-state index in [2.05, 4.69) is 5.32 Å². The van der Waals surface area contributed by atoms with Gasteiger partial charge in [-0.2, -0.15) is 0 Å². The molecule has 2 aromatic carbocycles. The van der Waals surface area contributed by atoms with Gasteiger partial charge in [0.1, 0.15) is 5.75 Å². The molecule has 7 nitrogen and oxygen atoms in total. The van der Waals surface area contributed by atoms with E-state index < -0.39 is 11.6 Å². The summed E-state index contributed by atoms with van der Waals surface area (Å²) in [6.45, 7) is 2.08. The van der Waals surface area contributed by atoms with Gasteiger partial charge in [0.25, 0.3) is 11.8 Å². The van der Waals surface area contributed by atoms with Crippen molar-refractivity contribution in [2.24, 2.45) is 0 Å². The average Bonchev–Trinajstić information content (AvgIpc) is 3.07. The highest BCUT2D eigenvalue weighted by Crippen LogP contribution is 2.45. The number of nitrogens with zero attached hydrogens (tertiary/aromatic N) is 2. The predicted molar refractivity (Wildman–Crippen MR) is 109 cm³/mol. The minimum absolute atomic E-state index is 0.175. The molecule has 0 unspecified atom stereocenters. The summed E-state index contributed by atoms with van der Waals surface area (Å²) >= 11 is 6.17. The molecule has 1 saturated heterocycles. The normalized spacial score (nSPS) is 20.4. The molecular formula is C21H20ClN3O4. The molecule has 29 heavy (non-hydrogen) atoms. The number of benzene rings is 2. The van der Waals surface area contributed by atoms with Crippen LogP contribution in [0.1, 0.15) is 30.1 Å². The molecule has 0 spiro atoms. The molecule has 8 heteroatoms. The monoisotopic (exact) mass is 413 g/mol. The van der Waals surface area contributed by atoms with Gasteiger partial charge in [0, 0.05) is 25.1 Å². The molecule has 2 heterocycles. The minimum atomic E-state index is -1.41. The molecular weight excluding hydrogens is 394 g/mol. The van der Waals surface area contributed by atoms with Crippen LogP contribution in [0.4, 0.5) is 11.4 Å². The van der Waals surface area contributed by atoms with Crippen molar-refractivity contribution < 1.29 is 19.1 Å². The van der Waals surface area contributed by atoms with Crippen molar-refractivity contribution in [3.8, 4) is 5.75 Å². The van der Waals surface area contributed by atoms with Crippen molar-refractivity contribution in [1.29, 1.82) is 0 Å². The first-order valence-electron chi connectivity index (χ1n) is 9.33. The Balaban J connectivity index is 1.79. The number of para-hydroxylation sites is 1. The molecule has 0 saturated carbocycles. The highest BCUT2D eigenvalue weighted by molar-refractivity contribution is 6.32. The standard InChI is InChI=1S/C21H20ClN3O4/c1-3-24-19(27)14-6-4-5-7-16(14)25-18(26)10-11-21(24,25)20(28)23-13-8-9-17(29-2)15(22)12-13/h4-9,12H,3,10-11H2,1-2H3,(H,23,28)/t21-/m1/s1. The van der Waals surface area contributed by atoms with Crippen LogP contribution < -0.4 is 15.0 Å². The highest BCUT2D eigenvalue weighted by Gasteiger charge is 2.60. The van der Waals surface area contributed by atoms with Gasteiger partial charge >= 0.3 is 0 Å². The van der Waals surface area contributed by atoms with Crippen molar-refractivity contribution in [2.75, 3.05) is 23.9 Å². The van der Waals surface area contributed by atoms with E-state index in [0.717, 1.165) is 0 Å². The summed E-state index contributed by atoms with van der Waals surface area (Å²) in [4.78, 5) is 42.4. The third kappa shape index (κ3) is 2.76.